The van der Waals surface area contributed by atoms with E-state index < -0.39 is 17.9 Å². The lowest BCUT2D eigenvalue weighted by molar-refractivity contribution is -0.132. The van der Waals surface area contributed by atoms with Crippen LogP contribution in [0.3, 0.4) is 0 Å². The van der Waals surface area contributed by atoms with Gasteiger partial charge in [-0.05, 0) is 119 Å². The molecule has 0 bridgehead atoms. The molecule has 1 atom stereocenters. The van der Waals surface area contributed by atoms with E-state index >= 15 is 0 Å². The lowest BCUT2D eigenvalue weighted by Gasteiger charge is -2.36. The van der Waals surface area contributed by atoms with Crippen LogP contribution in [0.4, 0.5) is 11.4 Å². The molecule has 4 aromatic rings. The average Bonchev–Trinajstić information content (AvgIpc) is 3.51. The van der Waals surface area contributed by atoms with E-state index in [0.717, 1.165) is 105 Å². The first-order valence-corrected chi connectivity index (χ1v) is 20.7. The van der Waals surface area contributed by atoms with Gasteiger partial charge in [0.25, 0.3) is 17.7 Å². The number of carbonyl (C=O) groups excluding carboxylic acids is 5. The summed E-state index contributed by atoms with van der Waals surface area (Å²) >= 11 is 0. The molecule has 8 rings (SSSR count). The van der Waals surface area contributed by atoms with Crippen LogP contribution in [0.1, 0.15) is 95.3 Å². The lowest BCUT2D eigenvalue weighted by atomic mass is 9.92. The Kier molecular flexibility index (Phi) is 12.0. The number of carbonyl (C=O) groups is 5. The molecule has 1 saturated heterocycles. The highest BCUT2D eigenvalue weighted by atomic mass is 16.5. The Hall–Kier alpha value is -6.13. The quantitative estimate of drug-likeness (QED) is 0.0684. The Morgan fingerprint density at radius 2 is 1.63 bits per heavy atom. The number of ketones is 2. The van der Waals surface area contributed by atoms with Crippen molar-refractivity contribution in [3.05, 3.63) is 101 Å². The third-order valence-electron chi connectivity index (χ3n) is 12.0. The molecule has 3 aromatic carbocycles. The minimum Gasteiger partial charge on any atom is -0.494 e. The number of aromatic nitrogens is 1. The maximum absolute atomic E-state index is 13.3. The molecule has 3 amide bonds. The normalized spacial score (nSPS) is 21.0. The van der Waals surface area contributed by atoms with Crippen LogP contribution in [0.15, 0.2) is 72.9 Å². The van der Waals surface area contributed by atoms with Crippen molar-refractivity contribution < 1.29 is 33.4 Å². The smallest absolute Gasteiger partial charge is 0.262 e. The van der Waals surface area contributed by atoms with Crippen LogP contribution < -0.4 is 19.7 Å². The minimum absolute atomic E-state index is 0.0382. The summed E-state index contributed by atoms with van der Waals surface area (Å²) < 4.78 is 12.3. The molecule has 13 heteroatoms. The summed E-state index contributed by atoms with van der Waals surface area (Å²) in [5.41, 5.74) is 3.31. The standard InChI is InChI=1S/C46H48N6O7/c1-47-39-18-20-42(37-6-5-21-48-43(37)39)59-35-15-9-31(10-16-35)49-44(55)30-7-13-34(14-8-30)58-27-4-2-3-22-50-23-25-51(26-24-50)32-11-17-36-38(28-32)46(57)52(45(36)56)40-19-12-33(53)29-41(40)54/h5-8,11,13-14,17-18,20-21,28,31,35,40H,2-4,9-10,12,15-16,19,22-27,29H2,(H,49,55). The topological polar surface area (TPSA) is 143 Å². The van der Waals surface area contributed by atoms with Gasteiger partial charge in [-0.3, -0.25) is 38.8 Å². The molecular formula is C46H48N6O7. The second-order valence-electron chi connectivity index (χ2n) is 15.9. The molecule has 2 aliphatic heterocycles. The fraction of sp³-hybridized carbons (Fsp3) is 0.413. The van der Waals surface area contributed by atoms with Crippen LogP contribution in [0, 0.1) is 6.57 Å². The number of nitrogens with one attached hydrogen (secondary N) is 1. The van der Waals surface area contributed by atoms with Crippen molar-refractivity contribution in [1.82, 2.24) is 20.1 Å². The van der Waals surface area contributed by atoms with E-state index in [1.807, 2.05) is 48.5 Å². The minimum atomic E-state index is -0.861. The van der Waals surface area contributed by atoms with Gasteiger partial charge in [-0.2, -0.15) is 0 Å². The number of anilines is 1. The average molecular weight is 797 g/mol. The molecule has 0 radical (unpaired) electrons. The molecule has 3 heterocycles. The van der Waals surface area contributed by atoms with E-state index in [-0.39, 0.29) is 48.9 Å². The van der Waals surface area contributed by atoms with Gasteiger partial charge in [-0.25, -0.2) is 4.85 Å². The number of pyridine rings is 1. The number of hydrogen-bond acceptors (Lipinski definition) is 10. The molecule has 304 valence electrons. The first-order chi connectivity index (χ1) is 28.7. The highest BCUT2D eigenvalue weighted by molar-refractivity contribution is 6.24. The summed E-state index contributed by atoms with van der Waals surface area (Å²) in [6, 6.07) is 19.3. The van der Waals surface area contributed by atoms with Gasteiger partial charge in [-0.15, -0.1) is 0 Å². The largest absolute Gasteiger partial charge is 0.494 e. The van der Waals surface area contributed by atoms with Gasteiger partial charge in [0.1, 0.15) is 17.3 Å². The molecule has 2 saturated carbocycles. The van der Waals surface area contributed by atoms with Gasteiger partial charge in [0.05, 0.1) is 48.4 Å². The zero-order valence-corrected chi connectivity index (χ0v) is 33.1. The van der Waals surface area contributed by atoms with Crippen LogP contribution >= 0.6 is 0 Å². The van der Waals surface area contributed by atoms with Crippen molar-refractivity contribution in [3.63, 3.8) is 0 Å². The van der Waals surface area contributed by atoms with Crippen LogP contribution in [-0.4, -0.2) is 102 Å². The molecule has 1 N–H and O–H groups in total. The number of unbranched alkanes of at least 4 members (excludes halogenated alkanes) is 2. The third kappa shape index (κ3) is 8.83. The van der Waals surface area contributed by atoms with E-state index in [2.05, 4.69) is 24.9 Å². The zero-order chi connectivity index (χ0) is 40.9. The number of benzene rings is 3. The molecule has 0 spiro atoms. The molecule has 4 aliphatic rings. The fourth-order valence-corrected chi connectivity index (χ4v) is 8.69. The number of amides is 3. The van der Waals surface area contributed by atoms with Gasteiger partial charge in [-0.1, -0.05) is 6.07 Å². The maximum Gasteiger partial charge on any atom is 0.262 e. The number of rotatable bonds is 13. The second-order valence-corrected chi connectivity index (χ2v) is 15.9. The predicted molar refractivity (Wildman–Crippen MR) is 221 cm³/mol. The Morgan fingerprint density at radius 1 is 0.847 bits per heavy atom. The van der Waals surface area contributed by atoms with Crippen molar-refractivity contribution in [2.24, 2.45) is 0 Å². The first-order valence-electron chi connectivity index (χ1n) is 20.7. The van der Waals surface area contributed by atoms with Crippen LogP contribution in [0.5, 0.6) is 11.5 Å². The first kappa shape index (κ1) is 39.7. The summed E-state index contributed by atoms with van der Waals surface area (Å²) in [7, 11) is 0. The molecule has 2 aliphatic carbocycles. The number of Topliss-reactive ketones (excluding diaryl/α,β-unsaturated/α-hetero) is 2. The van der Waals surface area contributed by atoms with Crippen LogP contribution in [-0.2, 0) is 9.59 Å². The monoisotopic (exact) mass is 796 g/mol. The van der Waals surface area contributed by atoms with Gasteiger partial charge in [0, 0.05) is 61.5 Å². The molecule has 59 heavy (non-hydrogen) atoms. The summed E-state index contributed by atoms with van der Waals surface area (Å²) in [4.78, 5) is 77.3. The summed E-state index contributed by atoms with van der Waals surface area (Å²) in [5, 5.41) is 4.03. The van der Waals surface area contributed by atoms with Crippen molar-refractivity contribution in [2.45, 2.75) is 82.4 Å². The van der Waals surface area contributed by atoms with Crippen molar-refractivity contribution in [2.75, 3.05) is 44.2 Å². The van der Waals surface area contributed by atoms with E-state index in [0.29, 0.717) is 34.5 Å². The van der Waals surface area contributed by atoms with E-state index in [9.17, 15) is 24.0 Å². The Labute approximate surface area is 343 Å². The summed E-state index contributed by atoms with van der Waals surface area (Å²) in [6.07, 6.45) is 8.21. The highest BCUT2D eigenvalue weighted by Crippen LogP contribution is 2.35. The van der Waals surface area contributed by atoms with E-state index in [1.54, 1.807) is 24.4 Å². The molecular weight excluding hydrogens is 749 g/mol. The van der Waals surface area contributed by atoms with Crippen molar-refractivity contribution in [1.29, 1.82) is 0 Å². The number of ether oxygens (including phenoxy) is 2. The highest BCUT2D eigenvalue weighted by Gasteiger charge is 2.44. The zero-order valence-electron chi connectivity index (χ0n) is 33.1. The summed E-state index contributed by atoms with van der Waals surface area (Å²) in [5.74, 6) is -0.0162. The van der Waals surface area contributed by atoms with Crippen LogP contribution in [0.2, 0.25) is 0 Å². The number of hydrogen-bond donors (Lipinski definition) is 1. The maximum atomic E-state index is 13.3. The number of piperazine rings is 1. The van der Waals surface area contributed by atoms with Crippen LogP contribution in [0.25, 0.3) is 15.7 Å². The van der Waals surface area contributed by atoms with Gasteiger partial charge >= 0.3 is 0 Å². The predicted octanol–water partition coefficient (Wildman–Crippen LogP) is 6.56. The Bertz CT molecular complexity index is 2290. The number of nitrogens with zero attached hydrogens (tertiary/aromatic N) is 5. The van der Waals surface area contributed by atoms with Crippen molar-refractivity contribution in [3.8, 4) is 11.5 Å². The number of fused-ring (bicyclic) bond motifs is 2. The van der Waals surface area contributed by atoms with Gasteiger partial charge in [0.2, 0.25) is 5.69 Å². The Morgan fingerprint density at radius 3 is 2.39 bits per heavy atom. The van der Waals surface area contributed by atoms with E-state index in [1.165, 1.54) is 0 Å². The van der Waals surface area contributed by atoms with Crippen molar-refractivity contribution >= 4 is 51.6 Å². The molecule has 3 fully saturated rings. The van der Waals surface area contributed by atoms with Gasteiger partial charge < -0.3 is 19.7 Å². The van der Waals surface area contributed by atoms with E-state index in [4.69, 9.17) is 16.0 Å². The molecule has 13 nitrogen and oxygen atoms in total. The SMILES string of the molecule is [C-]#[N+]c1ccc(OC2CCC(NC(=O)c3ccc(OCCCCCN4CCN(c5ccc6c(c5)C(=O)N(C5CCC(=O)CC5=O)C6=O)CC4)cc3)CC2)c2cccnc12. The number of imide groups is 1. The summed E-state index contributed by atoms with van der Waals surface area (Å²) in [6.45, 7) is 12.4. The molecule has 1 aromatic heterocycles. The second kappa shape index (κ2) is 17.8. The molecule has 1 unspecified atom stereocenters. The Balaban J connectivity index is 0.704. The van der Waals surface area contributed by atoms with Gasteiger partial charge in [0.15, 0.2) is 5.78 Å². The third-order valence-corrected chi connectivity index (χ3v) is 12.0. The fourth-order valence-electron chi connectivity index (χ4n) is 8.69. The lowest BCUT2D eigenvalue weighted by Crippen LogP contribution is -2.47.